The third kappa shape index (κ3) is 5.45. The first-order valence-corrected chi connectivity index (χ1v) is 11.7. The average molecular weight is 509 g/mol. The molecule has 0 aliphatic carbocycles. The number of hydrogen-bond acceptors (Lipinski definition) is 8. The van der Waals surface area contributed by atoms with Gasteiger partial charge in [0.15, 0.2) is 23.1 Å². The summed E-state index contributed by atoms with van der Waals surface area (Å²) in [7, 11) is 0. The maximum absolute atomic E-state index is 13.3. The van der Waals surface area contributed by atoms with Gasteiger partial charge in [0.2, 0.25) is 0 Å². The highest BCUT2D eigenvalue weighted by Crippen LogP contribution is 2.34. The van der Waals surface area contributed by atoms with Crippen molar-refractivity contribution in [2.45, 2.75) is 25.4 Å². The van der Waals surface area contributed by atoms with Crippen LogP contribution in [-0.4, -0.2) is 44.3 Å². The van der Waals surface area contributed by atoms with Gasteiger partial charge in [-0.3, -0.25) is 4.79 Å². The summed E-state index contributed by atoms with van der Waals surface area (Å²) in [4.78, 5) is 19.1. The van der Waals surface area contributed by atoms with Crippen molar-refractivity contribution >= 4 is 11.6 Å². The van der Waals surface area contributed by atoms with E-state index >= 15 is 0 Å². The van der Waals surface area contributed by atoms with Gasteiger partial charge < -0.3 is 14.5 Å². The van der Waals surface area contributed by atoms with E-state index in [0.717, 1.165) is 11.6 Å². The summed E-state index contributed by atoms with van der Waals surface area (Å²) in [5.41, 5.74) is 0.0559. The van der Waals surface area contributed by atoms with Crippen LogP contribution in [0.5, 0.6) is 5.75 Å². The maximum Gasteiger partial charge on any atom is 0.417 e. The molecule has 2 aromatic carbocycles. The molecule has 0 bridgehead atoms. The van der Waals surface area contributed by atoms with Gasteiger partial charge in [0.1, 0.15) is 5.75 Å². The Morgan fingerprint density at radius 3 is 2.51 bits per heavy atom. The van der Waals surface area contributed by atoms with E-state index in [9.17, 15) is 23.1 Å². The summed E-state index contributed by atoms with van der Waals surface area (Å²) in [5.74, 6) is 0.418. The highest BCUT2D eigenvalue weighted by atomic mass is 19.4. The van der Waals surface area contributed by atoms with Crippen LogP contribution in [0, 0.1) is 5.92 Å². The second-order valence-corrected chi connectivity index (χ2v) is 8.81. The zero-order chi connectivity index (χ0) is 26.0. The molecular weight excluding hydrogens is 487 g/mol. The van der Waals surface area contributed by atoms with Gasteiger partial charge in [0.05, 0.1) is 5.56 Å². The van der Waals surface area contributed by atoms with Gasteiger partial charge in [0.25, 0.3) is 5.89 Å². The van der Waals surface area contributed by atoms with E-state index in [-0.39, 0.29) is 17.2 Å². The van der Waals surface area contributed by atoms with Crippen LogP contribution in [0.4, 0.5) is 19.0 Å². The van der Waals surface area contributed by atoms with Crippen LogP contribution in [0.15, 0.2) is 65.2 Å². The van der Waals surface area contributed by atoms with E-state index in [1.165, 1.54) is 18.2 Å². The third-order valence-corrected chi connectivity index (χ3v) is 6.30. The second kappa shape index (κ2) is 10.00. The number of aromatic hydroxyl groups is 1. The average Bonchev–Trinajstić information content (AvgIpc) is 3.36. The van der Waals surface area contributed by atoms with E-state index in [1.54, 1.807) is 30.3 Å². The van der Waals surface area contributed by atoms with E-state index in [4.69, 9.17) is 4.52 Å². The molecule has 0 radical (unpaired) electrons. The molecule has 4 aromatic rings. The minimum absolute atomic E-state index is 0.155. The normalized spacial score (nSPS) is 14.6. The Hall–Kier alpha value is -4.28. The molecule has 0 atom stereocenters. The first-order valence-electron chi connectivity index (χ1n) is 11.7. The number of nitrogens with zero attached hydrogens (tertiary/aromatic N) is 5. The van der Waals surface area contributed by atoms with Gasteiger partial charge in [-0.2, -0.15) is 18.2 Å². The SMILES string of the molecule is O=C(c1ccccc1C(F)(F)F)C1CCN(c2ccc(-c3nc(Cc4cccc(O)c4)no3)nn2)CC1. The van der Waals surface area contributed by atoms with Gasteiger partial charge in [0, 0.05) is 31.0 Å². The number of carbonyl (C=O) groups excluding carboxylic acids is 1. The van der Waals surface area contributed by atoms with Crippen LogP contribution >= 0.6 is 0 Å². The number of alkyl halides is 3. The lowest BCUT2D eigenvalue weighted by atomic mass is 9.87. The van der Waals surface area contributed by atoms with Gasteiger partial charge >= 0.3 is 6.18 Å². The van der Waals surface area contributed by atoms with Gasteiger partial charge in [-0.1, -0.05) is 35.5 Å². The van der Waals surface area contributed by atoms with Gasteiger partial charge in [-0.05, 0) is 48.7 Å². The molecule has 1 fully saturated rings. The van der Waals surface area contributed by atoms with Crippen molar-refractivity contribution in [3.8, 4) is 17.3 Å². The Labute approximate surface area is 209 Å². The largest absolute Gasteiger partial charge is 0.508 e. The molecule has 0 saturated carbocycles. The van der Waals surface area contributed by atoms with Crippen molar-refractivity contribution in [2.24, 2.45) is 5.92 Å². The molecule has 37 heavy (non-hydrogen) atoms. The molecule has 8 nitrogen and oxygen atoms in total. The topological polar surface area (TPSA) is 105 Å². The number of rotatable bonds is 6. The summed E-state index contributed by atoms with van der Waals surface area (Å²) in [6, 6.07) is 15.2. The molecule has 1 saturated heterocycles. The predicted octanol–water partition coefficient (Wildman–Crippen LogP) is 4.94. The fraction of sp³-hybridized carbons (Fsp3) is 0.269. The zero-order valence-corrected chi connectivity index (χ0v) is 19.5. The summed E-state index contributed by atoms with van der Waals surface area (Å²) in [5, 5.41) is 22.0. The second-order valence-electron chi connectivity index (χ2n) is 8.81. The van der Waals surface area contributed by atoms with Crippen molar-refractivity contribution in [3.63, 3.8) is 0 Å². The zero-order valence-electron chi connectivity index (χ0n) is 19.5. The number of halogens is 3. The fourth-order valence-electron chi connectivity index (χ4n) is 4.42. The highest BCUT2D eigenvalue weighted by Gasteiger charge is 2.37. The lowest BCUT2D eigenvalue weighted by Gasteiger charge is -2.32. The van der Waals surface area contributed by atoms with Crippen LogP contribution in [0.3, 0.4) is 0 Å². The van der Waals surface area contributed by atoms with E-state index < -0.39 is 23.4 Å². The number of aromatic nitrogens is 4. The van der Waals surface area contributed by atoms with Crippen molar-refractivity contribution in [2.75, 3.05) is 18.0 Å². The molecule has 1 aliphatic heterocycles. The molecule has 5 rings (SSSR count). The van der Waals surface area contributed by atoms with Crippen LogP contribution in [-0.2, 0) is 12.6 Å². The number of Topliss-reactive ketones (excluding diaryl/α,β-unsaturated/α-hetero) is 1. The number of phenols is 1. The smallest absolute Gasteiger partial charge is 0.417 e. The van der Waals surface area contributed by atoms with E-state index in [1.807, 2.05) is 11.0 Å². The molecule has 190 valence electrons. The summed E-state index contributed by atoms with van der Waals surface area (Å²) < 4.78 is 45.3. The molecule has 0 spiro atoms. The van der Waals surface area contributed by atoms with Gasteiger partial charge in [-0.25, -0.2) is 0 Å². The van der Waals surface area contributed by atoms with E-state index in [2.05, 4.69) is 20.3 Å². The molecule has 2 aromatic heterocycles. The molecule has 11 heteroatoms. The van der Waals surface area contributed by atoms with Crippen molar-refractivity contribution < 1.29 is 27.6 Å². The standard InChI is InChI=1S/C26H22F3N5O3/c27-26(28,29)20-7-2-1-6-19(20)24(36)17-10-12-34(13-11-17)23-9-8-21(31-32-23)25-30-22(33-37-25)15-16-4-3-5-18(35)14-16/h1-9,14,17,35H,10-13,15H2. The number of phenolic OH excluding ortho intramolecular Hbond substituents is 1. The fourth-order valence-corrected chi connectivity index (χ4v) is 4.42. The lowest BCUT2D eigenvalue weighted by molar-refractivity contribution is -0.137. The van der Waals surface area contributed by atoms with Crippen molar-refractivity contribution in [1.29, 1.82) is 0 Å². The molecule has 1 aliphatic rings. The quantitative estimate of drug-likeness (QED) is 0.365. The number of piperidine rings is 1. The van der Waals surface area contributed by atoms with Gasteiger partial charge in [-0.15, -0.1) is 10.2 Å². The Kier molecular flexibility index (Phi) is 6.60. The molecule has 1 N–H and O–H groups in total. The molecule has 0 amide bonds. The Morgan fingerprint density at radius 1 is 1.03 bits per heavy atom. The predicted molar refractivity (Wildman–Crippen MR) is 127 cm³/mol. The minimum Gasteiger partial charge on any atom is -0.508 e. The summed E-state index contributed by atoms with van der Waals surface area (Å²) in [6.07, 6.45) is -3.37. The monoisotopic (exact) mass is 509 g/mol. The number of anilines is 1. The third-order valence-electron chi connectivity index (χ3n) is 6.30. The maximum atomic E-state index is 13.3. The Morgan fingerprint density at radius 2 is 1.81 bits per heavy atom. The molecule has 0 unspecified atom stereocenters. The first-order chi connectivity index (χ1) is 17.8. The minimum atomic E-state index is -4.58. The number of carbonyl (C=O) groups is 1. The van der Waals surface area contributed by atoms with Crippen LogP contribution in [0.1, 0.15) is 40.2 Å². The first kappa shape index (κ1) is 24.4. The van der Waals surface area contributed by atoms with Crippen molar-refractivity contribution in [1.82, 2.24) is 20.3 Å². The lowest BCUT2D eigenvalue weighted by Crippen LogP contribution is -2.37. The van der Waals surface area contributed by atoms with Crippen LogP contribution < -0.4 is 4.90 Å². The van der Waals surface area contributed by atoms with Crippen LogP contribution in [0.25, 0.3) is 11.6 Å². The van der Waals surface area contributed by atoms with Crippen molar-refractivity contribution in [3.05, 3.63) is 83.2 Å². The molecule has 3 heterocycles. The Bertz CT molecular complexity index is 1400. The number of hydrogen-bond donors (Lipinski definition) is 1. The highest BCUT2D eigenvalue weighted by molar-refractivity contribution is 5.99. The molecular formula is C26H22F3N5O3. The summed E-state index contributed by atoms with van der Waals surface area (Å²) in [6.45, 7) is 0.931. The van der Waals surface area contributed by atoms with E-state index in [0.29, 0.717) is 49.7 Å². The summed E-state index contributed by atoms with van der Waals surface area (Å²) >= 11 is 0. The Balaban J connectivity index is 1.21. The number of benzene rings is 2. The number of ketones is 1. The van der Waals surface area contributed by atoms with Crippen LogP contribution in [0.2, 0.25) is 0 Å².